The number of aromatic nitrogens is 2. The molecule has 94 valence electrons. The Morgan fingerprint density at radius 2 is 2.24 bits per heavy atom. The molecule has 0 aromatic carbocycles. The Labute approximate surface area is 99.7 Å². The van der Waals surface area contributed by atoms with Gasteiger partial charge in [-0.05, 0) is 20.8 Å². The van der Waals surface area contributed by atoms with Crippen molar-refractivity contribution in [2.45, 2.75) is 32.3 Å². The molecule has 1 aliphatic rings. The molecule has 1 aromatic heterocycles. The number of anilines is 1. The van der Waals surface area contributed by atoms with E-state index in [1.807, 2.05) is 0 Å². The summed E-state index contributed by atoms with van der Waals surface area (Å²) in [4.78, 5) is 11.8. The van der Waals surface area contributed by atoms with Crippen LogP contribution in [0.15, 0.2) is 6.07 Å². The van der Waals surface area contributed by atoms with Crippen molar-refractivity contribution in [3.8, 4) is 0 Å². The van der Waals surface area contributed by atoms with Crippen LogP contribution in [0, 0.1) is 0 Å². The molecule has 6 nitrogen and oxygen atoms in total. The molecule has 2 heterocycles. The van der Waals surface area contributed by atoms with Gasteiger partial charge in [-0.15, -0.1) is 4.68 Å². The van der Waals surface area contributed by atoms with Gasteiger partial charge in [-0.3, -0.25) is 0 Å². The number of carbonyl (C=O) groups excluding carboxylic acids is 1. The highest BCUT2D eigenvalue weighted by atomic mass is 16.6. The molecule has 0 radical (unpaired) electrons. The van der Waals surface area contributed by atoms with Gasteiger partial charge in [0.05, 0.1) is 24.8 Å². The van der Waals surface area contributed by atoms with Gasteiger partial charge < -0.3 is 15.2 Å². The smallest absolute Gasteiger partial charge is 0.437 e. The van der Waals surface area contributed by atoms with Gasteiger partial charge in [0.15, 0.2) is 0 Å². The summed E-state index contributed by atoms with van der Waals surface area (Å²) in [7, 11) is 0. The van der Waals surface area contributed by atoms with Crippen molar-refractivity contribution < 1.29 is 14.3 Å². The van der Waals surface area contributed by atoms with E-state index in [4.69, 9.17) is 15.2 Å². The third-order valence-electron chi connectivity index (χ3n) is 2.38. The lowest BCUT2D eigenvalue weighted by Crippen LogP contribution is -2.29. The van der Waals surface area contributed by atoms with Crippen LogP contribution in [0.5, 0.6) is 0 Å². The minimum absolute atomic E-state index is 0.237. The van der Waals surface area contributed by atoms with Crippen LogP contribution in [-0.4, -0.2) is 34.7 Å². The monoisotopic (exact) mass is 239 g/mol. The average Bonchev–Trinajstić information content (AvgIpc) is 2.40. The molecular formula is C11H17N3O3. The maximum atomic E-state index is 11.8. The Morgan fingerprint density at radius 3 is 2.71 bits per heavy atom. The van der Waals surface area contributed by atoms with Crippen LogP contribution in [0.3, 0.4) is 0 Å². The van der Waals surface area contributed by atoms with E-state index >= 15 is 0 Å². The summed E-state index contributed by atoms with van der Waals surface area (Å²) in [6, 6.07) is 1.69. The normalized spacial score (nSPS) is 16.6. The summed E-state index contributed by atoms with van der Waals surface area (Å²) in [6.45, 7) is 6.65. The molecule has 1 fully saturated rings. The molecule has 6 heteroatoms. The van der Waals surface area contributed by atoms with E-state index in [2.05, 4.69) is 5.10 Å². The Hall–Kier alpha value is -1.56. The molecule has 2 rings (SSSR count). The van der Waals surface area contributed by atoms with Crippen molar-refractivity contribution in [3.05, 3.63) is 11.8 Å². The highest BCUT2D eigenvalue weighted by Gasteiger charge is 2.27. The predicted molar refractivity (Wildman–Crippen MR) is 61.8 cm³/mol. The van der Waals surface area contributed by atoms with E-state index in [1.165, 1.54) is 0 Å². The Kier molecular flexibility index (Phi) is 2.82. The maximum absolute atomic E-state index is 11.8. The number of carbonyl (C=O) groups is 1. The van der Waals surface area contributed by atoms with Crippen LogP contribution in [0.1, 0.15) is 32.4 Å². The van der Waals surface area contributed by atoms with E-state index in [9.17, 15) is 4.79 Å². The van der Waals surface area contributed by atoms with Crippen LogP contribution in [0.2, 0.25) is 0 Å². The molecule has 0 unspecified atom stereocenters. The lowest BCUT2D eigenvalue weighted by atomic mass is 10.1. The van der Waals surface area contributed by atoms with Crippen molar-refractivity contribution in [1.29, 1.82) is 0 Å². The second kappa shape index (κ2) is 4.03. The van der Waals surface area contributed by atoms with Gasteiger partial charge in [0.2, 0.25) is 0 Å². The highest BCUT2D eigenvalue weighted by Crippen LogP contribution is 2.24. The zero-order valence-electron chi connectivity index (χ0n) is 10.3. The number of nitrogen functional groups attached to an aromatic ring is 1. The summed E-state index contributed by atoms with van der Waals surface area (Å²) in [5.41, 5.74) is 5.95. The zero-order chi connectivity index (χ0) is 12.6. The minimum atomic E-state index is -0.560. The second-order valence-corrected chi connectivity index (χ2v) is 5.12. The molecule has 1 aromatic rings. The van der Waals surface area contributed by atoms with Gasteiger partial charge in [0.25, 0.3) is 0 Å². The second-order valence-electron chi connectivity index (χ2n) is 5.12. The minimum Gasteiger partial charge on any atom is -0.442 e. The number of ether oxygens (including phenoxy) is 2. The van der Waals surface area contributed by atoms with Crippen molar-refractivity contribution in [1.82, 2.24) is 9.78 Å². The fraction of sp³-hybridized carbons (Fsp3) is 0.636. The first-order chi connectivity index (χ1) is 7.87. The van der Waals surface area contributed by atoms with Crippen molar-refractivity contribution in [2.24, 2.45) is 0 Å². The molecule has 17 heavy (non-hydrogen) atoms. The third kappa shape index (κ3) is 2.58. The fourth-order valence-corrected chi connectivity index (χ4v) is 1.47. The fourth-order valence-electron chi connectivity index (χ4n) is 1.47. The lowest BCUT2D eigenvalue weighted by Gasteiger charge is -2.23. The van der Waals surface area contributed by atoms with Crippen molar-refractivity contribution >= 4 is 11.9 Å². The first-order valence-electron chi connectivity index (χ1n) is 5.53. The first kappa shape index (κ1) is 11.9. The van der Waals surface area contributed by atoms with Gasteiger partial charge in [-0.2, -0.15) is 5.10 Å². The molecule has 0 aliphatic carbocycles. The van der Waals surface area contributed by atoms with Gasteiger partial charge in [0, 0.05) is 6.07 Å². The summed E-state index contributed by atoms with van der Waals surface area (Å²) < 4.78 is 11.4. The number of hydrogen-bond donors (Lipinski definition) is 1. The Bertz CT molecular complexity index is 430. The number of rotatable bonds is 1. The number of nitrogens with zero attached hydrogens (tertiary/aromatic N) is 2. The lowest BCUT2D eigenvalue weighted by molar-refractivity contribution is 0.00622. The predicted octanol–water partition coefficient (Wildman–Crippen LogP) is 1.36. The van der Waals surface area contributed by atoms with Crippen LogP contribution in [-0.2, 0) is 9.47 Å². The maximum Gasteiger partial charge on any atom is 0.437 e. The SMILES string of the molecule is CC(C)(C)OC(=O)n1nc(C2COC2)cc1N. The van der Waals surface area contributed by atoms with Crippen molar-refractivity contribution in [3.63, 3.8) is 0 Å². The van der Waals surface area contributed by atoms with E-state index in [0.717, 1.165) is 10.4 Å². The molecule has 0 bridgehead atoms. The molecule has 0 saturated carbocycles. The summed E-state index contributed by atoms with van der Waals surface area (Å²) in [6.07, 6.45) is -0.554. The van der Waals surface area contributed by atoms with Crippen LogP contribution in [0.4, 0.5) is 10.6 Å². The Morgan fingerprint density at radius 1 is 1.59 bits per heavy atom. The van der Waals surface area contributed by atoms with Crippen molar-refractivity contribution in [2.75, 3.05) is 18.9 Å². The largest absolute Gasteiger partial charge is 0.442 e. The quantitative estimate of drug-likeness (QED) is 0.800. The third-order valence-corrected chi connectivity index (χ3v) is 2.38. The summed E-state index contributed by atoms with van der Waals surface area (Å²) in [5.74, 6) is 0.530. The van der Waals surface area contributed by atoms with E-state index in [0.29, 0.717) is 19.0 Å². The van der Waals surface area contributed by atoms with E-state index < -0.39 is 11.7 Å². The molecular weight excluding hydrogens is 222 g/mol. The van der Waals surface area contributed by atoms with Gasteiger partial charge in [0.1, 0.15) is 11.4 Å². The first-order valence-corrected chi connectivity index (χ1v) is 5.53. The molecule has 2 N–H and O–H groups in total. The number of nitrogens with two attached hydrogens (primary N) is 1. The molecule has 0 spiro atoms. The molecule has 0 amide bonds. The topological polar surface area (TPSA) is 79.4 Å². The Balaban J connectivity index is 2.15. The molecule has 1 saturated heterocycles. The van der Waals surface area contributed by atoms with Gasteiger partial charge in [-0.25, -0.2) is 4.79 Å². The average molecular weight is 239 g/mol. The van der Waals surface area contributed by atoms with Crippen LogP contribution < -0.4 is 5.73 Å². The molecule has 0 atom stereocenters. The summed E-state index contributed by atoms with van der Waals surface area (Å²) in [5, 5.41) is 4.15. The van der Waals surface area contributed by atoms with E-state index in [1.54, 1.807) is 26.8 Å². The highest BCUT2D eigenvalue weighted by molar-refractivity contribution is 5.73. The molecule has 1 aliphatic heterocycles. The number of hydrogen-bond acceptors (Lipinski definition) is 5. The standard InChI is InChI=1S/C11H17N3O3/c1-11(2,3)17-10(15)14-9(12)4-8(13-14)7-5-16-6-7/h4,7H,5-6,12H2,1-3H3. The van der Waals surface area contributed by atoms with E-state index in [-0.39, 0.29) is 5.92 Å². The summed E-state index contributed by atoms with van der Waals surface area (Å²) >= 11 is 0. The van der Waals surface area contributed by atoms with Crippen LogP contribution in [0.25, 0.3) is 0 Å². The zero-order valence-corrected chi connectivity index (χ0v) is 10.3. The van der Waals surface area contributed by atoms with Crippen LogP contribution >= 0.6 is 0 Å². The van der Waals surface area contributed by atoms with Gasteiger partial charge in [-0.1, -0.05) is 0 Å². The van der Waals surface area contributed by atoms with Gasteiger partial charge >= 0.3 is 6.09 Å².